The molecule has 0 radical (unpaired) electrons. The lowest BCUT2D eigenvalue weighted by molar-refractivity contribution is 0.438. The number of benzene rings is 2. The smallest absolute Gasteiger partial charge is 0.165 e. The maximum atomic E-state index is 14.5. The van der Waals surface area contributed by atoms with Gasteiger partial charge in [-0.3, -0.25) is 0 Å². The molecule has 0 aliphatic rings. The van der Waals surface area contributed by atoms with Gasteiger partial charge in [0.15, 0.2) is 11.6 Å². The molecule has 0 atom stereocenters. The van der Waals surface area contributed by atoms with Gasteiger partial charge in [0, 0.05) is 5.39 Å². The van der Waals surface area contributed by atoms with Crippen LogP contribution in [0, 0.1) is 23.1 Å². The summed E-state index contributed by atoms with van der Waals surface area (Å²) in [6.45, 7) is 13.1. The highest BCUT2D eigenvalue weighted by molar-refractivity contribution is 6.90. The highest BCUT2D eigenvalue weighted by atomic mass is 28.3. The molecule has 1 N–H and O–H groups in total. The maximum Gasteiger partial charge on any atom is 0.165 e. The van der Waals surface area contributed by atoms with Crippen molar-refractivity contribution in [2.75, 3.05) is 0 Å². The molecule has 0 saturated heterocycles. The Bertz CT molecular complexity index is 817. The Morgan fingerprint density at radius 1 is 0.840 bits per heavy atom. The summed E-state index contributed by atoms with van der Waals surface area (Å²) in [6.07, 6.45) is 0. The lowest BCUT2D eigenvalue weighted by atomic mass is 10.0. The third-order valence-corrected chi connectivity index (χ3v) is 11.6. The van der Waals surface area contributed by atoms with Gasteiger partial charge in [-0.15, -0.1) is 5.54 Å². The predicted octanol–water partition coefficient (Wildman–Crippen LogP) is 6.39. The van der Waals surface area contributed by atoms with Crippen LogP contribution >= 0.6 is 0 Å². The van der Waals surface area contributed by atoms with Gasteiger partial charge in [-0.05, 0) is 34.1 Å². The van der Waals surface area contributed by atoms with Crippen molar-refractivity contribution in [3.05, 3.63) is 41.5 Å². The Balaban J connectivity index is 2.79. The van der Waals surface area contributed by atoms with E-state index in [1.807, 2.05) is 0 Å². The van der Waals surface area contributed by atoms with E-state index in [1.54, 1.807) is 0 Å². The first kappa shape index (κ1) is 19.5. The molecule has 0 unspecified atom stereocenters. The summed E-state index contributed by atoms with van der Waals surface area (Å²) in [4.78, 5) is 0. The number of phenols is 1. The Kier molecular flexibility index (Phi) is 5.58. The summed E-state index contributed by atoms with van der Waals surface area (Å²) in [5, 5.41) is 10.9. The fraction of sp³-hybridized carbons (Fsp3) is 0.429. The molecule has 0 aromatic heterocycles. The van der Waals surface area contributed by atoms with Gasteiger partial charge in [0.25, 0.3) is 0 Å². The highest BCUT2D eigenvalue weighted by Gasteiger charge is 2.41. The van der Waals surface area contributed by atoms with E-state index < -0.39 is 25.5 Å². The fourth-order valence-electron chi connectivity index (χ4n) is 4.07. The number of halogens is 2. The van der Waals surface area contributed by atoms with Gasteiger partial charge in [0.05, 0.1) is 5.56 Å². The zero-order chi connectivity index (χ0) is 18.9. The van der Waals surface area contributed by atoms with E-state index >= 15 is 0 Å². The topological polar surface area (TPSA) is 20.2 Å². The molecule has 2 rings (SSSR count). The summed E-state index contributed by atoms with van der Waals surface area (Å²) < 4.78 is 28.3. The zero-order valence-corrected chi connectivity index (χ0v) is 16.7. The van der Waals surface area contributed by atoms with Crippen molar-refractivity contribution >= 4 is 18.8 Å². The molecule has 0 aliphatic heterocycles. The van der Waals surface area contributed by atoms with Crippen molar-refractivity contribution in [1.29, 1.82) is 0 Å². The van der Waals surface area contributed by atoms with Crippen LogP contribution in [0.15, 0.2) is 24.3 Å². The summed E-state index contributed by atoms with van der Waals surface area (Å²) in [6, 6.07) is 5.58. The first-order chi connectivity index (χ1) is 11.6. The summed E-state index contributed by atoms with van der Waals surface area (Å²) in [5.41, 5.74) is 4.75. The molecular formula is C21H26F2OSi. The van der Waals surface area contributed by atoms with E-state index in [2.05, 4.69) is 53.0 Å². The van der Waals surface area contributed by atoms with E-state index in [0.717, 1.165) is 0 Å². The molecule has 0 bridgehead atoms. The van der Waals surface area contributed by atoms with Crippen LogP contribution in [-0.4, -0.2) is 13.2 Å². The molecule has 0 heterocycles. The average Bonchev–Trinajstić information content (AvgIpc) is 2.52. The minimum Gasteiger partial charge on any atom is -0.504 e. The number of rotatable bonds is 3. The fourth-order valence-corrected chi connectivity index (χ4v) is 9.28. The molecule has 2 aromatic rings. The van der Waals surface area contributed by atoms with Crippen LogP contribution in [0.4, 0.5) is 8.78 Å². The van der Waals surface area contributed by atoms with Crippen molar-refractivity contribution in [1.82, 2.24) is 0 Å². The van der Waals surface area contributed by atoms with Gasteiger partial charge in [0.2, 0.25) is 0 Å². The normalized spacial score (nSPS) is 12.1. The summed E-state index contributed by atoms with van der Waals surface area (Å²) >= 11 is 0. The van der Waals surface area contributed by atoms with Crippen molar-refractivity contribution in [3.8, 4) is 17.2 Å². The second kappa shape index (κ2) is 7.17. The lowest BCUT2D eigenvalue weighted by Crippen LogP contribution is -2.43. The van der Waals surface area contributed by atoms with Crippen LogP contribution in [0.2, 0.25) is 16.6 Å². The first-order valence-electron chi connectivity index (χ1n) is 8.75. The van der Waals surface area contributed by atoms with Crippen LogP contribution in [0.3, 0.4) is 0 Å². The Labute approximate surface area is 150 Å². The van der Waals surface area contributed by atoms with Gasteiger partial charge < -0.3 is 5.11 Å². The average molecular weight is 361 g/mol. The molecule has 0 fully saturated rings. The minimum atomic E-state index is -2.05. The van der Waals surface area contributed by atoms with E-state index in [0.29, 0.717) is 22.0 Å². The predicted molar refractivity (Wildman–Crippen MR) is 103 cm³/mol. The van der Waals surface area contributed by atoms with Crippen LogP contribution < -0.4 is 0 Å². The molecule has 2 aromatic carbocycles. The van der Waals surface area contributed by atoms with E-state index in [4.69, 9.17) is 0 Å². The zero-order valence-electron chi connectivity index (χ0n) is 15.7. The van der Waals surface area contributed by atoms with Crippen LogP contribution in [-0.2, 0) is 0 Å². The molecule has 0 aliphatic carbocycles. The molecule has 25 heavy (non-hydrogen) atoms. The van der Waals surface area contributed by atoms with Crippen LogP contribution in [0.1, 0.15) is 47.1 Å². The minimum absolute atomic E-state index is 0.0910. The van der Waals surface area contributed by atoms with Gasteiger partial charge in [-0.1, -0.05) is 59.6 Å². The molecule has 1 nitrogen and oxygen atoms in total. The van der Waals surface area contributed by atoms with E-state index in [9.17, 15) is 13.9 Å². The number of hydrogen-bond donors (Lipinski definition) is 1. The third-order valence-electron chi connectivity index (χ3n) is 5.33. The molecule has 0 spiro atoms. The standard InChI is InChI=1S/C21H26F2OSi/c1-13(2)25(14(3)4,15(5)6)12-11-17-18(22)9-7-16-8-10-19(23)21(24)20(16)17/h7-10,13-15,24H,1-6H3. The van der Waals surface area contributed by atoms with Crippen LogP contribution in [0.5, 0.6) is 5.75 Å². The van der Waals surface area contributed by atoms with Crippen molar-refractivity contribution in [2.45, 2.75) is 58.2 Å². The van der Waals surface area contributed by atoms with Gasteiger partial charge in [-0.2, -0.15) is 0 Å². The SMILES string of the molecule is CC(C)[Si](C#Cc1c(F)ccc2ccc(F)c(O)c12)(C(C)C)C(C)C. The molecule has 134 valence electrons. The van der Waals surface area contributed by atoms with Crippen molar-refractivity contribution < 1.29 is 13.9 Å². The van der Waals surface area contributed by atoms with Gasteiger partial charge in [0.1, 0.15) is 13.9 Å². The van der Waals surface area contributed by atoms with E-state index in [1.165, 1.54) is 24.3 Å². The van der Waals surface area contributed by atoms with Crippen molar-refractivity contribution in [3.63, 3.8) is 0 Å². The monoisotopic (exact) mass is 360 g/mol. The first-order valence-corrected chi connectivity index (χ1v) is 11.0. The number of aromatic hydroxyl groups is 1. The lowest BCUT2D eigenvalue weighted by Gasteiger charge is -2.38. The second-order valence-electron chi connectivity index (χ2n) is 7.56. The second-order valence-corrected chi connectivity index (χ2v) is 13.1. The maximum absolute atomic E-state index is 14.5. The number of fused-ring (bicyclic) bond motifs is 1. The number of hydrogen-bond acceptors (Lipinski definition) is 1. The Hall–Kier alpha value is -1.86. The van der Waals surface area contributed by atoms with Gasteiger partial charge in [-0.25, -0.2) is 8.78 Å². The molecular weight excluding hydrogens is 334 g/mol. The van der Waals surface area contributed by atoms with Gasteiger partial charge >= 0.3 is 0 Å². The number of phenolic OH excluding ortho intramolecular Hbond substituents is 1. The summed E-state index contributed by atoms with van der Waals surface area (Å²) in [7, 11) is -2.05. The highest BCUT2D eigenvalue weighted by Crippen LogP contribution is 2.41. The summed E-state index contributed by atoms with van der Waals surface area (Å²) in [5.74, 6) is 1.19. The van der Waals surface area contributed by atoms with Crippen molar-refractivity contribution in [2.24, 2.45) is 0 Å². The molecule has 0 amide bonds. The quantitative estimate of drug-likeness (QED) is 0.496. The Morgan fingerprint density at radius 3 is 1.80 bits per heavy atom. The molecule has 0 saturated carbocycles. The Morgan fingerprint density at radius 2 is 1.32 bits per heavy atom. The van der Waals surface area contributed by atoms with E-state index in [-0.39, 0.29) is 10.9 Å². The van der Waals surface area contributed by atoms with Crippen LogP contribution in [0.25, 0.3) is 10.8 Å². The molecule has 4 heteroatoms. The third kappa shape index (κ3) is 3.30. The largest absolute Gasteiger partial charge is 0.504 e.